The van der Waals surface area contributed by atoms with Crippen molar-refractivity contribution in [3.63, 3.8) is 0 Å². The SMILES string of the molecule is COC(=O)C[C@H](CCCCCCc1ccc2c(n1)CCCC2)c1cncnc1. The third kappa shape index (κ3) is 6.11. The molecule has 0 fully saturated rings. The fourth-order valence-corrected chi connectivity index (χ4v) is 4.01. The van der Waals surface area contributed by atoms with E-state index in [0.29, 0.717) is 6.42 Å². The summed E-state index contributed by atoms with van der Waals surface area (Å²) in [5, 5.41) is 0. The predicted octanol–water partition coefficient (Wildman–Crippen LogP) is 4.59. The van der Waals surface area contributed by atoms with E-state index in [1.54, 1.807) is 0 Å². The van der Waals surface area contributed by atoms with E-state index in [-0.39, 0.29) is 11.9 Å². The van der Waals surface area contributed by atoms with Crippen LogP contribution in [0.15, 0.2) is 30.9 Å². The zero-order chi connectivity index (χ0) is 19.6. The minimum Gasteiger partial charge on any atom is -0.469 e. The Morgan fingerprint density at radius 2 is 1.86 bits per heavy atom. The van der Waals surface area contributed by atoms with Gasteiger partial charge >= 0.3 is 5.97 Å². The van der Waals surface area contributed by atoms with Gasteiger partial charge in [-0.2, -0.15) is 0 Å². The Balaban J connectivity index is 1.39. The first-order valence-electron chi connectivity index (χ1n) is 10.6. The first-order valence-corrected chi connectivity index (χ1v) is 10.6. The summed E-state index contributed by atoms with van der Waals surface area (Å²) in [5.41, 5.74) is 5.05. The molecule has 0 N–H and O–H groups in total. The molecule has 0 radical (unpaired) electrons. The zero-order valence-corrected chi connectivity index (χ0v) is 16.9. The van der Waals surface area contributed by atoms with Crippen molar-refractivity contribution < 1.29 is 9.53 Å². The highest BCUT2D eigenvalue weighted by atomic mass is 16.5. The number of unbranched alkanes of at least 4 members (excludes halogenated alkanes) is 3. The van der Waals surface area contributed by atoms with Crippen LogP contribution in [0.5, 0.6) is 0 Å². The summed E-state index contributed by atoms with van der Waals surface area (Å²) in [6.45, 7) is 0. The van der Waals surface area contributed by atoms with Crippen molar-refractivity contribution >= 4 is 5.97 Å². The Morgan fingerprint density at radius 3 is 2.68 bits per heavy atom. The number of fused-ring (bicyclic) bond motifs is 1. The van der Waals surface area contributed by atoms with Gasteiger partial charge in [-0.05, 0) is 68.1 Å². The van der Waals surface area contributed by atoms with Crippen LogP contribution >= 0.6 is 0 Å². The van der Waals surface area contributed by atoms with Crippen molar-refractivity contribution in [1.29, 1.82) is 0 Å². The minimum atomic E-state index is -0.174. The molecule has 0 spiro atoms. The molecule has 5 nitrogen and oxygen atoms in total. The number of esters is 1. The van der Waals surface area contributed by atoms with E-state index < -0.39 is 0 Å². The van der Waals surface area contributed by atoms with Crippen molar-refractivity contribution in [2.75, 3.05) is 7.11 Å². The van der Waals surface area contributed by atoms with Crippen LogP contribution in [-0.4, -0.2) is 28.0 Å². The van der Waals surface area contributed by atoms with E-state index in [0.717, 1.165) is 37.7 Å². The van der Waals surface area contributed by atoms with Crippen molar-refractivity contribution in [3.8, 4) is 0 Å². The Bertz CT molecular complexity index is 749. The third-order valence-corrected chi connectivity index (χ3v) is 5.66. The molecule has 0 unspecified atom stereocenters. The molecule has 2 heterocycles. The second-order valence-electron chi connectivity index (χ2n) is 7.72. The van der Waals surface area contributed by atoms with Crippen molar-refractivity contribution in [1.82, 2.24) is 15.0 Å². The number of carbonyl (C=O) groups excluding carboxylic acids is 1. The molecule has 3 rings (SSSR count). The summed E-state index contributed by atoms with van der Waals surface area (Å²) >= 11 is 0. The van der Waals surface area contributed by atoms with Gasteiger partial charge in [0.05, 0.1) is 13.5 Å². The molecule has 0 bridgehead atoms. The average molecular weight is 382 g/mol. The van der Waals surface area contributed by atoms with Gasteiger partial charge in [0, 0.05) is 23.8 Å². The lowest BCUT2D eigenvalue weighted by atomic mass is 9.92. The molecule has 0 aromatic carbocycles. The fourth-order valence-electron chi connectivity index (χ4n) is 4.01. The maximum atomic E-state index is 11.7. The largest absolute Gasteiger partial charge is 0.469 e. The van der Waals surface area contributed by atoms with Gasteiger partial charge < -0.3 is 4.74 Å². The summed E-state index contributed by atoms with van der Waals surface area (Å²) in [6.07, 6.45) is 17.1. The number of aryl methyl sites for hydroxylation is 3. The molecule has 2 aromatic heterocycles. The van der Waals surface area contributed by atoms with Crippen molar-refractivity contribution in [2.24, 2.45) is 0 Å². The Morgan fingerprint density at radius 1 is 1.07 bits per heavy atom. The lowest BCUT2D eigenvalue weighted by molar-refractivity contribution is -0.141. The van der Waals surface area contributed by atoms with Gasteiger partial charge in [-0.1, -0.05) is 25.3 Å². The van der Waals surface area contributed by atoms with E-state index >= 15 is 0 Å². The maximum Gasteiger partial charge on any atom is 0.306 e. The highest BCUT2D eigenvalue weighted by Crippen LogP contribution is 2.26. The molecular formula is C23H31N3O2. The first-order chi connectivity index (χ1) is 13.8. The standard InChI is InChI=1S/C23H31N3O2/c1-28-23(27)14-19(20-15-24-17-25-16-20)9-4-2-3-5-10-21-13-12-18-8-6-7-11-22(18)26-21/h12-13,15-17,19H,2-11,14H2,1H3/t19-/m0/s1. The van der Waals surface area contributed by atoms with E-state index in [4.69, 9.17) is 9.72 Å². The van der Waals surface area contributed by atoms with Crippen molar-refractivity contribution in [3.05, 3.63) is 53.4 Å². The molecule has 2 aromatic rings. The highest BCUT2D eigenvalue weighted by Gasteiger charge is 2.17. The lowest BCUT2D eigenvalue weighted by Gasteiger charge is -2.16. The van der Waals surface area contributed by atoms with Gasteiger partial charge in [-0.15, -0.1) is 0 Å². The number of hydrogen-bond acceptors (Lipinski definition) is 5. The normalized spacial score (nSPS) is 14.3. The Hall–Kier alpha value is -2.30. The average Bonchev–Trinajstić information content (AvgIpc) is 2.75. The van der Waals surface area contributed by atoms with E-state index in [1.807, 2.05) is 12.4 Å². The van der Waals surface area contributed by atoms with E-state index in [2.05, 4.69) is 22.1 Å². The number of rotatable bonds is 10. The van der Waals surface area contributed by atoms with Crippen LogP contribution in [0.4, 0.5) is 0 Å². The predicted molar refractivity (Wildman–Crippen MR) is 109 cm³/mol. The fraction of sp³-hybridized carbons (Fsp3) is 0.565. The molecule has 28 heavy (non-hydrogen) atoms. The van der Waals surface area contributed by atoms with Gasteiger partial charge in [0.2, 0.25) is 0 Å². The van der Waals surface area contributed by atoms with Crippen LogP contribution < -0.4 is 0 Å². The summed E-state index contributed by atoms with van der Waals surface area (Å²) in [5.74, 6) is -0.0386. The van der Waals surface area contributed by atoms with Crippen LogP contribution in [0.3, 0.4) is 0 Å². The molecule has 1 atom stereocenters. The number of carbonyl (C=O) groups is 1. The molecule has 0 saturated carbocycles. The molecule has 1 aliphatic carbocycles. The number of methoxy groups -OCH3 is 1. The van der Waals surface area contributed by atoms with Crippen molar-refractivity contribution in [2.45, 2.75) is 76.5 Å². The van der Waals surface area contributed by atoms with Crippen LogP contribution in [-0.2, 0) is 28.8 Å². The van der Waals surface area contributed by atoms with Gasteiger partial charge in [0.25, 0.3) is 0 Å². The topological polar surface area (TPSA) is 65.0 Å². The molecule has 1 aliphatic rings. The Labute approximate surface area is 168 Å². The van der Waals surface area contributed by atoms with Gasteiger partial charge in [-0.25, -0.2) is 9.97 Å². The molecule has 5 heteroatoms. The molecule has 0 aliphatic heterocycles. The van der Waals surface area contributed by atoms with E-state index in [1.165, 1.54) is 62.5 Å². The number of nitrogens with zero attached hydrogens (tertiary/aromatic N) is 3. The van der Waals surface area contributed by atoms with Gasteiger partial charge in [0.1, 0.15) is 6.33 Å². The lowest BCUT2D eigenvalue weighted by Crippen LogP contribution is -2.09. The summed E-state index contributed by atoms with van der Waals surface area (Å²) < 4.78 is 4.85. The number of hydrogen-bond donors (Lipinski definition) is 0. The zero-order valence-electron chi connectivity index (χ0n) is 16.9. The maximum absolute atomic E-state index is 11.7. The Kier molecular flexibility index (Phi) is 7.94. The molecule has 0 amide bonds. The second-order valence-corrected chi connectivity index (χ2v) is 7.72. The number of ether oxygens (including phenoxy) is 1. The molecular weight excluding hydrogens is 350 g/mol. The smallest absolute Gasteiger partial charge is 0.306 e. The second kappa shape index (κ2) is 10.9. The monoisotopic (exact) mass is 381 g/mol. The summed E-state index contributed by atoms with van der Waals surface area (Å²) in [7, 11) is 1.44. The number of aromatic nitrogens is 3. The van der Waals surface area contributed by atoms with Crippen LogP contribution in [0.1, 0.15) is 79.8 Å². The third-order valence-electron chi connectivity index (χ3n) is 5.66. The summed E-state index contributed by atoms with van der Waals surface area (Å²) in [4.78, 5) is 24.8. The first kappa shape index (κ1) is 20.4. The summed E-state index contributed by atoms with van der Waals surface area (Å²) in [6, 6.07) is 4.50. The van der Waals surface area contributed by atoms with Crippen LogP contribution in [0.25, 0.3) is 0 Å². The quantitative estimate of drug-likeness (QED) is 0.445. The number of pyridine rings is 1. The van der Waals surface area contributed by atoms with Crippen LogP contribution in [0.2, 0.25) is 0 Å². The molecule has 0 saturated heterocycles. The van der Waals surface area contributed by atoms with E-state index in [9.17, 15) is 4.79 Å². The van der Waals surface area contributed by atoms with Crippen LogP contribution in [0, 0.1) is 0 Å². The highest BCUT2D eigenvalue weighted by molar-refractivity contribution is 5.70. The van der Waals surface area contributed by atoms with Gasteiger partial charge in [-0.3, -0.25) is 9.78 Å². The van der Waals surface area contributed by atoms with Gasteiger partial charge in [0.15, 0.2) is 0 Å². The minimum absolute atomic E-state index is 0.135. The molecule has 150 valence electrons.